The van der Waals surface area contributed by atoms with Crippen molar-refractivity contribution in [2.24, 2.45) is 0 Å². The maximum absolute atomic E-state index is 12.1. The molecule has 6 nitrogen and oxygen atoms in total. The average molecular weight is 309 g/mol. The Kier molecular flexibility index (Phi) is 4.33. The minimum Gasteiger partial charge on any atom is -0.494 e. The molecule has 1 N–H and O–H groups in total. The van der Waals surface area contributed by atoms with Crippen LogP contribution in [-0.4, -0.2) is 22.7 Å². The van der Waals surface area contributed by atoms with Gasteiger partial charge in [0.2, 0.25) is 5.89 Å². The van der Waals surface area contributed by atoms with Gasteiger partial charge < -0.3 is 9.15 Å². The zero-order chi connectivity index (χ0) is 16.1. The van der Waals surface area contributed by atoms with E-state index in [0.717, 1.165) is 5.56 Å². The molecule has 1 amide bonds. The molecule has 0 fully saturated rings. The molecule has 23 heavy (non-hydrogen) atoms. The van der Waals surface area contributed by atoms with E-state index in [2.05, 4.69) is 15.5 Å². The number of nitrogens with one attached hydrogen (secondary N) is 1. The number of rotatable bonds is 5. The first-order valence-corrected chi connectivity index (χ1v) is 7.19. The molecule has 0 aliphatic carbocycles. The monoisotopic (exact) mass is 309 g/mol. The van der Waals surface area contributed by atoms with Gasteiger partial charge in [0.15, 0.2) is 0 Å². The van der Waals surface area contributed by atoms with Crippen LogP contribution in [0.1, 0.15) is 17.3 Å². The second-order valence-electron chi connectivity index (χ2n) is 4.69. The number of amides is 1. The molecule has 0 atom stereocenters. The molecule has 3 rings (SSSR count). The van der Waals surface area contributed by atoms with E-state index in [1.165, 1.54) is 0 Å². The Bertz CT molecular complexity index is 782. The van der Waals surface area contributed by atoms with E-state index in [1.807, 2.05) is 37.3 Å². The van der Waals surface area contributed by atoms with E-state index >= 15 is 0 Å². The highest BCUT2D eigenvalue weighted by molar-refractivity contribution is 6.03. The van der Waals surface area contributed by atoms with Crippen LogP contribution in [0.15, 0.2) is 59.0 Å². The van der Waals surface area contributed by atoms with Crippen LogP contribution in [0, 0.1) is 0 Å². The second-order valence-corrected chi connectivity index (χ2v) is 4.69. The fourth-order valence-electron chi connectivity index (χ4n) is 2.01. The molecule has 0 radical (unpaired) electrons. The van der Waals surface area contributed by atoms with Crippen LogP contribution in [0.2, 0.25) is 0 Å². The third-order valence-corrected chi connectivity index (χ3v) is 3.09. The van der Waals surface area contributed by atoms with E-state index in [4.69, 9.17) is 9.15 Å². The molecule has 0 unspecified atom stereocenters. The molecule has 116 valence electrons. The van der Waals surface area contributed by atoms with Gasteiger partial charge in [0, 0.05) is 11.1 Å². The SMILES string of the molecule is CCOc1ccc(C(=O)Nc2nnc(-c3ccccc3)o2)cc1. The lowest BCUT2D eigenvalue weighted by Crippen LogP contribution is -2.12. The van der Waals surface area contributed by atoms with E-state index in [0.29, 0.717) is 23.8 Å². The number of hydrogen-bond donors (Lipinski definition) is 1. The van der Waals surface area contributed by atoms with Gasteiger partial charge in [-0.3, -0.25) is 10.1 Å². The molecule has 2 aromatic carbocycles. The zero-order valence-electron chi connectivity index (χ0n) is 12.5. The van der Waals surface area contributed by atoms with E-state index in [1.54, 1.807) is 24.3 Å². The maximum Gasteiger partial charge on any atom is 0.322 e. The molecule has 6 heteroatoms. The first-order valence-electron chi connectivity index (χ1n) is 7.19. The summed E-state index contributed by atoms with van der Waals surface area (Å²) in [6, 6.07) is 16.2. The van der Waals surface area contributed by atoms with Gasteiger partial charge in [-0.25, -0.2) is 0 Å². The number of anilines is 1. The van der Waals surface area contributed by atoms with Gasteiger partial charge in [-0.15, -0.1) is 5.10 Å². The van der Waals surface area contributed by atoms with Gasteiger partial charge in [-0.1, -0.05) is 23.3 Å². The molecule has 0 bridgehead atoms. The summed E-state index contributed by atoms with van der Waals surface area (Å²) in [6.07, 6.45) is 0. The van der Waals surface area contributed by atoms with Crippen molar-refractivity contribution in [1.82, 2.24) is 10.2 Å². The van der Waals surface area contributed by atoms with Gasteiger partial charge in [0.25, 0.3) is 5.91 Å². The maximum atomic E-state index is 12.1. The van der Waals surface area contributed by atoms with Crippen molar-refractivity contribution in [1.29, 1.82) is 0 Å². The number of hydrogen-bond acceptors (Lipinski definition) is 5. The summed E-state index contributed by atoms with van der Waals surface area (Å²) < 4.78 is 10.8. The van der Waals surface area contributed by atoms with Gasteiger partial charge in [0.1, 0.15) is 5.75 Å². The molecule has 0 spiro atoms. The quantitative estimate of drug-likeness (QED) is 0.781. The zero-order valence-corrected chi connectivity index (χ0v) is 12.5. The topological polar surface area (TPSA) is 77.2 Å². The molecule has 0 saturated carbocycles. The van der Waals surface area contributed by atoms with Gasteiger partial charge in [0.05, 0.1) is 6.61 Å². The number of ether oxygens (including phenoxy) is 1. The lowest BCUT2D eigenvalue weighted by molar-refractivity contribution is 0.102. The average Bonchev–Trinajstić information content (AvgIpc) is 3.05. The van der Waals surface area contributed by atoms with Crippen LogP contribution in [-0.2, 0) is 0 Å². The van der Waals surface area contributed by atoms with Gasteiger partial charge in [-0.05, 0) is 43.3 Å². The highest BCUT2D eigenvalue weighted by Gasteiger charge is 2.12. The molecule has 0 aliphatic heterocycles. The normalized spacial score (nSPS) is 10.3. The Morgan fingerprint density at radius 1 is 1.09 bits per heavy atom. The Morgan fingerprint density at radius 3 is 2.52 bits per heavy atom. The largest absolute Gasteiger partial charge is 0.494 e. The third kappa shape index (κ3) is 3.55. The van der Waals surface area contributed by atoms with E-state index < -0.39 is 0 Å². The van der Waals surface area contributed by atoms with Crippen molar-refractivity contribution in [3.8, 4) is 17.2 Å². The van der Waals surface area contributed by atoms with Gasteiger partial charge in [-0.2, -0.15) is 0 Å². The third-order valence-electron chi connectivity index (χ3n) is 3.09. The molecule has 3 aromatic rings. The van der Waals surface area contributed by atoms with E-state index in [9.17, 15) is 4.79 Å². The predicted octanol–water partition coefficient (Wildman–Crippen LogP) is 3.39. The lowest BCUT2D eigenvalue weighted by Gasteiger charge is -2.04. The molecular formula is C17H15N3O3. The summed E-state index contributed by atoms with van der Waals surface area (Å²) >= 11 is 0. The molecule has 1 heterocycles. The Hall–Kier alpha value is -3.15. The highest BCUT2D eigenvalue weighted by atomic mass is 16.5. The van der Waals surface area contributed by atoms with Crippen LogP contribution in [0.4, 0.5) is 6.01 Å². The van der Waals surface area contributed by atoms with Crippen LogP contribution in [0.25, 0.3) is 11.5 Å². The Labute approximate surface area is 133 Å². The Morgan fingerprint density at radius 2 is 1.83 bits per heavy atom. The van der Waals surface area contributed by atoms with Crippen molar-refractivity contribution in [2.45, 2.75) is 6.92 Å². The molecule has 0 aliphatic rings. The molecular weight excluding hydrogens is 294 g/mol. The Balaban J connectivity index is 1.69. The van der Waals surface area contributed by atoms with Crippen molar-refractivity contribution in [2.75, 3.05) is 11.9 Å². The number of aromatic nitrogens is 2. The number of nitrogens with zero attached hydrogens (tertiary/aromatic N) is 2. The van der Waals surface area contributed by atoms with Gasteiger partial charge >= 0.3 is 6.01 Å². The minimum atomic E-state index is -0.323. The van der Waals surface area contributed by atoms with Crippen LogP contribution >= 0.6 is 0 Å². The van der Waals surface area contributed by atoms with Crippen LogP contribution < -0.4 is 10.1 Å². The molecule has 1 aromatic heterocycles. The summed E-state index contributed by atoms with van der Waals surface area (Å²) in [5.41, 5.74) is 1.27. The van der Waals surface area contributed by atoms with E-state index in [-0.39, 0.29) is 11.9 Å². The summed E-state index contributed by atoms with van der Waals surface area (Å²) in [5, 5.41) is 10.3. The predicted molar refractivity (Wildman–Crippen MR) is 85.3 cm³/mol. The number of carbonyl (C=O) groups excluding carboxylic acids is 1. The minimum absolute atomic E-state index is 0.0581. The fourth-order valence-corrected chi connectivity index (χ4v) is 2.01. The summed E-state index contributed by atoms with van der Waals surface area (Å²) in [6.45, 7) is 2.48. The number of benzene rings is 2. The van der Waals surface area contributed by atoms with Crippen molar-refractivity contribution < 1.29 is 13.9 Å². The lowest BCUT2D eigenvalue weighted by atomic mass is 10.2. The van der Waals surface area contributed by atoms with Crippen LogP contribution in [0.5, 0.6) is 5.75 Å². The van der Waals surface area contributed by atoms with Crippen molar-refractivity contribution in [3.63, 3.8) is 0 Å². The summed E-state index contributed by atoms with van der Waals surface area (Å²) in [5.74, 6) is 0.747. The summed E-state index contributed by atoms with van der Waals surface area (Å²) in [7, 11) is 0. The number of carbonyl (C=O) groups is 1. The standard InChI is InChI=1S/C17H15N3O3/c1-2-22-14-10-8-12(9-11-14)15(21)18-17-20-19-16(23-17)13-6-4-3-5-7-13/h3-11H,2H2,1H3,(H,18,20,21). The first kappa shape index (κ1) is 14.8. The highest BCUT2D eigenvalue weighted by Crippen LogP contribution is 2.20. The smallest absolute Gasteiger partial charge is 0.322 e. The fraction of sp³-hybridized carbons (Fsp3) is 0.118. The van der Waals surface area contributed by atoms with Crippen molar-refractivity contribution >= 4 is 11.9 Å². The molecule has 0 saturated heterocycles. The van der Waals surface area contributed by atoms with Crippen LogP contribution in [0.3, 0.4) is 0 Å². The first-order chi connectivity index (χ1) is 11.3. The van der Waals surface area contributed by atoms with Crippen molar-refractivity contribution in [3.05, 3.63) is 60.2 Å². The summed E-state index contributed by atoms with van der Waals surface area (Å²) in [4.78, 5) is 12.1. The second kappa shape index (κ2) is 6.74.